The molecule has 0 aliphatic rings. The summed E-state index contributed by atoms with van der Waals surface area (Å²) in [5, 5.41) is 4.28. The topological polar surface area (TPSA) is 65.7 Å². The number of rotatable bonds is 3. The zero-order valence-electron chi connectivity index (χ0n) is 12.5. The van der Waals surface area contributed by atoms with Crippen LogP contribution in [0.25, 0.3) is 16.9 Å². The second kappa shape index (κ2) is 5.48. The molecule has 0 aliphatic carbocycles. The maximum absolute atomic E-state index is 12.0. The van der Waals surface area contributed by atoms with Gasteiger partial charge in [0.25, 0.3) is 0 Å². The van der Waals surface area contributed by atoms with E-state index in [-0.39, 0.29) is 0 Å². The molecule has 6 nitrogen and oxygen atoms in total. The molecule has 0 radical (unpaired) electrons. The number of fused-ring (bicyclic) bond motifs is 1. The molecule has 2 aromatic heterocycles. The van der Waals surface area contributed by atoms with E-state index in [0.29, 0.717) is 17.0 Å². The van der Waals surface area contributed by atoms with Crippen LogP contribution < -0.4 is 4.74 Å². The van der Waals surface area contributed by atoms with Gasteiger partial charge < -0.3 is 9.47 Å². The molecular formula is C16H15N3O3. The molecule has 0 atom stereocenters. The first-order valence-corrected chi connectivity index (χ1v) is 6.72. The van der Waals surface area contributed by atoms with Crippen LogP contribution in [0.15, 0.2) is 36.4 Å². The Labute approximate surface area is 127 Å². The number of carbonyl (C=O) groups is 1. The van der Waals surface area contributed by atoms with Gasteiger partial charge in [-0.15, -0.1) is 0 Å². The fraction of sp³-hybridized carbons (Fsp3) is 0.188. The van der Waals surface area contributed by atoms with Gasteiger partial charge >= 0.3 is 5.97 Å². The lowest BCUT2D eigenvalue weighted by Crippen LogP contribution is -2.10. The summed E-state index contributed by atoms with van der Waals surface area (Å²) >= 11 is 0. The smallest absolute Gasteiger partial charge is 0.356 e. The first-order chi connectivity index (χ1) is 10.6. The molecule has 0 unspecified atom stereocenters. The highest BCUT2D eigenvalue weighted by molar-refractivity contribution is 5.89. The normalized spacial score (nSPS) is 10.7. The van der Waals surface area contributed by atoms with Crippen molar-refractivity contribution in [1.82, 2.24) is 14.6 Å². The summed E-state index contributed by atoms with van der Waals surface area (Å²) < 4.78 is 11.5. The monoisotopic (exact) mass is 297 g/mol. The predicted molar refractivity (Wildman–Crippen MR) is 81.1 cm³/mol. The van der Waals surface area contributed by atoms with Crippen LogP contribution in [0.5, 0.6) is 5.75 Å². The van der Waals surface area contributed by atoms with Crippen LogP contribution in [0.3, 0.4) is 0 Å². The quantitative estimate of drug-likeness (QED) is 0.695. The molecule has 0 bridgehead atoms. The van der Waals surface area contributed by atoms with Gasteiger partial charge in [0.05, 0.1) is 25.6 Å². The van der Waals surface area contributed by atoms with Gasteiger partial charge in [-0.05, 0) is 37.3 Å². The second-order valence-corrected chi connectivity index (χ2v) is 4.80. The number of hydrogen-bond acceptors (Lipinski definition) is 5. The first-order valence-electron chi connectivity index (χ1n) is 6.72. The number of methoxy groups -OCH3 is 2. The average Bonchev–Trinajstić information content (AvgIpc) is 2.93. The number of nitrogens with zero attached hydrogens (tertiary/aromatic N) is 3. The second-order valence-electron chi connectivity index (χ2n) is 4.80. The fourth-order valence-electron chi connectivity index (χ4n) is 2.25. The van der Waals surface area contributed by atoms with Crippen LogP contribution in [0.2, 0.25) is 0 Å². The third-order valence-corrected chi connectivity index (χ3v) is 3.33. The number of aryl methyl sites for hydroxylation is 1. The SMILES string of the molecule is COC(=O)c1cc(-c2ccc(OC)cc2)nc2cc(C)nn12. The minimum Gasteiger partial charge on any atom is -0.497 e. The van der Waals surface area contributed by atoms with Gasteiger partial charge in [-0.3, -0.25) is 0 Å². The van der Waals surface area contributed by atoms with Crippen molar-refractivity contribution in [2.75, 3.05) is 14.2 Å². The molecule has 112 valence electrons. The van der Waals surface area contributed by atoms with E-state index >= 15 is 0 Å². The minimum atomic E-state index is -0.453. The molecule has 0 fully saturated rings. The molecule has 22 heavy (non-hydrogen) atoms. The van der Waals surface area contributed by atoms with Gasteiger partial charge in [0, 0.05) is 11.6 Å². The van der Waals surface area contributed by atoms with Crippen molar-refractivity contribution < 1.29 is 14.3 Å². The minimum absolute atomic E-state index is 0.339. The summed E-state index contributed by atoms with van der Waals surface area (Å²) in [5.74, 6) is 0.309. The van der Waals surface area contributed by atoms with Crippen LogP contribution in [-0.2, 0) is 4.74 Å². The molecule has 6 heteroatoms. The van der Waals surface area contributed by atoms with Crippen LogP contribution in [0.4, 0.5) is 0 Å². The number of hydrogen-bond donors (Lipinski definition) is 0. The lowest BCUT2D eigenvalue weighted by atomic mass is 10.1. The van der Waals surface area contributed by atoms with E-state index in [1.807, 2.05) is 37.3 Å². The molecule has 0 aliphatic heterocycles. The molecule has 0 saturated carbocycles. The van der Waals surface area contributed by atoms with E-state index < -0.39 is 5.97 Å². The van der Waals surface area contributed by atoms with Crippen LogP contribution in [0.1, 0.15) is 16.2 Å². The van der Waals surface area contributed by atoms with E-state index in [1.54, 1.807) is 13.2 Å². The molecule has 0 N–H and O–H groups in total. The van der Waals surface area contributed by atoms with Gasteiger partial charge in [0.1, 0.15) is 5.75 Å². The number of ether oxygens (including phenoxy) is 2. The fourth-order valence-corrected chi connectivity index (χ4v) is 2.25. The molecule has 3 rings (SSSR count). The Morgan fingerprint density at radius 3 is 2.50 bits per heavy atom. The zero-order valence-corrected chi connectivity index (χ0v) is 12.5. The summed E-state index contributed by atoms with van der Waals surface area (Å²) in [7, 11) is 2.96. The Morgan fingerprint density at radius 2 is 1.86 bits per heavy atom. The third kappa shape index (κ3) is 2.39. The Balaban J connectivity index is 2.18. The highest BCUT2D eigenvalue weighted by Crippen LogP contribution is 2.23. The number of carbonyl (C=O) groups excluding carboxylic acids is 1. The van der Waals surface area contributed by atoms with E-state index in [2.05, 4.69) is 10.1 Å². The van der Waals surface area contributed by atoms with E-state index in [1.165, 1.54) is 11.6 Å². The Hall–Kier alpha value is -2.89. The van der Waals surface area contributed by atoms with E-state index in [4.69, 9.17) is 9.47 Å². The molecule has 2 heterocycles. The molecule has 0 saturated heterocycles. The van der Waals surface area contributed by atoms with Crippen molar-refractivity contribution in [2.24, 2.45) is 0 Å². The summed E-state index contributed by atoms with van der Waals surface area (Å²) in [6, 6.07) is 11.0. The highest BCUT2D eigenvalue weighted by atomic mass is 16.5. The van der Waals surface area contributed by atoms with Crippen LogP contribution in [-0.4, -0.2) is 34.8 Å². The molecule has 0 spiro atoms. The van der Waals surface area contributed by atoms with Crippen molar-refractivity contribution in [3.05, 3.63) is 47.8 Å². The number of benzene rings is 1. The predicted octanol–water partition coefficient (Wildman–Crippen LogP) is 2.50. The average molecular weight is 297 g/mol. The largest absolute Gasteiger partial charge is 0.497 e. The van der Waals surface area contributed by atoms with E-state index in [9.17, 15) is 4.79 Å². The number of aromatic nitrogens is 3. The zero-order chi connectivity index (χ0) is 15.7. The van der Waals surface area contributed by atoms with Crippen molar-refractivity contribution in [1.29, 1.82) is 0 Å². The van der Waals surface area contributed by atoms with Crippen LogP contribution >= 0.6 is 0 Å². The molecule has 1 aromatic carbocycles. The van der Waals surface area contributed by atoms with Gasteiger partial charge in [-0.1, -0.05) is 0 Å². The summed E-state index contributed by atoms with van der Waals surface area (Å²) in [4.78, 5) is 16.5. The maximum atomic E-state index is 12.0. The Morgan fingerprint density at radius 1 is 1.14 bits per heavy atom. The van der Waals surface area contributed by atoms with Gasteiger partial charge in [0.15, 0.2) is 11.3 Å². The van der Waals surface area contributed by atoms with E-state index in [0.717, 1.165) is 17.0 Å². The maximum Gasteiger partial charge on any atom is 0.356 e. The molecular weight excluding hydrogens is 282 g/mol. The lowest BCUT2D eigenvalue weighted by Gasteiger charge is -2.07. The Bertz CT molecular complexity index is 838. The number of esters is 1. The summed E-state index contributed by atoms with van der Waals surface area (Å²) in [6.07, 6.45) is 0. The van der Waals surface area contributed by atoms with Crippen molar-refractivity contribution >= 4 is 11.6 Å². The standard InChI is InChI=1S/C16H15N3O3/c1-10-8-15-17-13(11-4-6-12(21-2)7-5-11)9-14(16(20)22-3)19(15)18-10/h4-9H,1-3H3. The molecule has 0 amide bonds. The summed E-state index contributed by atoms with van der Waals surface area (Å²) in [6.45, 7) is 1.85. The van der Waals surface area contributed by atoms with Crippen molar-refractivity contribution in [3.8, 4) is 17.0 Å². The lowest BCUT2D eigenvalue weighted by molar-refractivity contribution is 0.0590. The van der Waals surface area contributed by atoms with Gasteiger partial charge in [-0.25, -0.2) is 14.3 Å². The first kappa shape index (κ1) is 14.1. The third-order valence-electron chi connectivity index (χ3n) is 3.33. The van der Waals surface area contributed by atoms with Crippen molar-refractivity contribution in [3.63, 3.8) is 0 Å². The van der Waals surface area contributed by atoms with Crippen molar-refractivity contribution in [2.45, 2.75) is 6.92 Å². The van der Waals surface area contributed by atoms with Gasteiger partial charge in [0.2, 0.25) is 0 Å². The Kier molecular flexibility index (Phi) is 3.50. The molecule has 3 aromatic rings. The highest BCUT2D eigenvalue weighted by Gasteiger charge is 2.16. The summed E-state index contributed by atoms with van der Waals surface area (Å²) in [5.41, 5.74) is 3.28. The van der Waals surface area contributed by atoms with Gasteiger partial charge in [-0.2, -0.15) is 5.10 Å². The van der Waals surface area contributed by atoms with Crippen LogP contribution in [0, 0.1) is 6.92 Å².